The fourth-order valence-corrected chi connectivity index (χ4v) is 2.03. The Bertz CT molecular complexity index is 213. The molecule has 102 valence electrons. The highest BCUT2D eigenvalue weighted by Crippen LogP contribution is 2.17. The minimum Gasteiger partial charge on any atom is -0.393 e. The largest absolute Gasteiger partial charge is 0.401 e. The van der Waals surface area contributed by atoms with Crippen molar-refractivity contribution in [3.05, 3.63) is 0 Å². The number of rotatable bonds is 5. The SMILES string of the molecule is CC(O)CCCN1CCN(CC(F)(F)F)CC1. The predicted octanol–water partition coefficient (Wildman–Crippen LogP) is 1.33. The molecule has 0 radical (unpaired) electrons. The standard InChI is InChI=1S/C11H21F3N2O/c1-10(17)3-2-4-15-5-7-16(8-6-15)9-11(12,13)14/h10,17H,2-9H2,1H3. The first-order valence-electron chi connectivity index (χ1n) is 6.06. The number of alkyl halides is 3. The molecule has 0 aromatic heterocycles. The van der Waals surface area contributed by atoms with E-state index >= 15 is 0 Å². The molecule has 3 nitrogen and oxygen atoms in total. The fourth-order valence-electron chi connectivity index (χ4n) is 2.03. The Labute approximate surface area is 100 Å². The van der Waals surface area contributed by atoms with Crippen LogP contribution in [0.1, 0.15) is 19.8 Å². The van der Waals surface area contributed by atoms with E-state index in [1.807, 2.05) is 0 Å². The van der Waals surface area contributed by atoms with Gasteiger partial charge >= 0.3 is 6.18 Å². The van der Waals surface area contributed by atoms with Crippen LogP contribution in [0.3, 0.4) is 0 Å². The van der Waals surface area contributed by atoms with Crippen LogP contribution in [-0.2, 0) is 0 Å². The molecule has 1 unspecified atom stereocenters. The minimum atomic E-state index is -4.09. The topological polar surface area (TPSA) is 26.7 Å². The molecular weight excluding hydrogens is 233 g/mol. The zero-order chi connectivity index (χ0) is 12.9. The first-order chi connectivity index (χ1) is 7.87. The van der Waals surface area contributed by atoms with Gasteiger partial charge in [0.05, 0.1) is 12.6 Å². The Morgan fingerprint density at radius 3 is 2.12 bits per heavy atom. The Morgan fingerprint density at radius 2 is 1.65 bits per heavy atom. The summed E-state index contributed by atoms with van der Waals surface area (Å²) in [5, 5.41) is 9.10. The van der Waals surface area contributed by atoms with Crippen LogP contribution in [0.2, 0.25) is 0 Å². The van der Waals surface area contributed by atoms with Crippen molar-refractivity contribution in [1.82, 2.24) is 9.80 Å². The van der Waals surface area contributed by atoms with Gasteiger partial charge in [-0.15, -0.1) is 0 Å². The highest BCUT2D eigenvalue weighted by atomic mass is 19.4. The average molecular weight is 254 g/mol. The number of halogens is 3. The van der Waals surface area contributed by atoms with Gasteiger partial charge in [0.2, 0.25) is 0 Å². The van der Waals surface area contributed by atoms with E-state index < -0.39 is 12.7 Å². The molecule has 1 aliphatic heterocycles. The molecule has 1 saturated heterocycles. The molecule has 1 fully saturated rings. The minimum absolute atomic E-state index is 0.290. The molecule has 0 bridgehead atoms. The van der Waals surface area contributed by atoms with Crippen LogP contribution in [0.4, 0.5) is 13.2 Å². The van der Waals surface area contributed by atoms with Gasteiger partial charge in [-0.3, -0.25) is 4.90 Å². The number of piperazine rings is 1. The Hall–Kier alpha value is -0.330. The molecule has 1 aliphatic rings. The Balaban J connectivity index is 2.13. The van der Waals surface area contributed by atoms with Crippen molar-refractivity contribution >= 4 is 0 Å². The number of aliphatic hydroxyl groups is 1. The summed E-state index contributed by atoms with van der Waals surface area (Å²) in [6.07, 6.45) is -2.73. The Kier molecular flexibility index (Phi) is 5.69. The first-order valence-corrected chi connectivity index (χ1v) is 6.06. The molecule has 6 heteroatoms. The van der Waals surface area contributed by atoms with E-state index in [0.717, 1.165) is 19.4 Å². The zero-order valence-corrected chi connectivity index (χ0v) is 10.2. The molecule has 0 aliphatic carbocycles. The summed E-state index contributed by atoms with van der Waals surface area (Å²) in [7, 11) is 0. The monoisotopic (exact) mass is 254 g/mol. The molecule has 1 N–H and O–H groups in total. The molecule has 0 saturated carbocycles. The van der Waals surface area contributed by atoms with Crippen molar-refractivity contribution in [2.24, 2.45) is 0 Å². The van der Waals surface area contributed by atoms with Crippen molar-refractivity contribution in [2.45, 2.75) is 32.0 Å². The third kappa shape index (κ3) is 6.85. The van der Waals surface area contributed by atoms with Crippen LogP contribution in [0, 0.1) is 0 Å². The molecular formula is C11H21F3N2O. The van der Waals surface area contributed by atoms with E-state index in [2.05, 4.69) is 4.90 Å². The van der Waals surface area contributed by atoms with Crippen molar-refractivity contribution < 1.29 is 18.3 Å². The maximum atomic E-state index is 12.1. The fraction of sp³-hybridized carbons (Fsp3) is 1.00. The Morgan fingerprint density at radius 1 is 1.12 bits per heavy atom. The average Bonchev–Trinajstić information content (AvgIpc) is 2.18. The van der Waals surface area contributed by atoms with E-state index in [4.69, 9.17) is 5.11 Å². The van der Waals surface area contributed by atoms with Crippen LogP contribution in [0.5, 0.6) is 0 Å². The first kappa shape index (κ1) is 14.7. The summed E-state index contributed by atoms with van der Waals surface area (Å²) in [4.78, 5) is 3.61. The van der Waals surface area contributed by atoms with Crippen molar-refractivity contribution in [3.63, 3.8) is 0 Å². The quantitative estimate of drug-likeness (QED) is 0.801. The van der Waals surface area contributed by atoms with E-state index in [0.29, 0.717) is 26.2 Å². The summed E-state index contributed by atoms with van der Waals surface area (Å²) in [5.41, 5.74) is 0. The van der Waals surface area contributed by atoms with Crippen LogP contribution in [0.15, 0.2) is 0 Å². The second kappa shape index (κ2) is 6.56. The normalized spacial score (nSPS) is 21.7. The van der Waals surface area contributed by atoms with Crippen molar-refractivity contribution in [1.29, 1.82) is 0 Å². The summed E-state index contributed by atoms with van der Waals surface area (Å²) in [6.45, 7) is 4.16. The van der Waals surface area contributed by atoms with Gasteiger partial charge in [-0.2, -0.15) is 13.2 Å². The van der Waals surface area contributed by atoms with Gasteiger partial charge in [-0.25, -0.2) is 0 Å². The van der Waals surface area contributed by atoms with Gasteiger partial charge in [-0.05, 0) is 26.3 Å². The van der Waals surface area contributed by atoms with Crippen LogP contribution in [0.25, 0.3) is 0 Å². The van der Waals surface area contributed by atoms with Crippen molar-refractivity contribution in [2.75, 3.05) is 39.3 Å². The summed E-state index contributed by atoms with van der Waals surface area (Å²) < 4.78 is 36.4. The van der Waals surface area contributed by atoms with Gasteiger partial charge in [-0.1, -0.05) is 0 Å². The lowest BCUT2D eigenvalue weighted by Gasteiger charge is -2.35. The van der Waals surface area contributed by atoms with E-state index in [1.165, 1.54) is 4.90 Å². The lowest BCUT2D eigenvalue weighted by Crippen LogP contribution is -2.49. The smallest absolute Gasteiger partial charge is 0.393 e. The highest BCUT2D eigenvalue weighted by Gasteiger charge is 2.31. The third-order valence-corrected chi connectivity index (χ3v) is 2.96. The third-order valence-electron chi connectivity index (χ3n) is 2.96. The van der Waals surface area contributed by atoms with Crippen LogP contribution >= 0.6 is 0 Å². The second-order valence-corrected chi connectivity index (χ2v) is 4.72. The van der Waals surface area contributed by atoms with E-state index in [9.17, 15) is 13.2 Å². The number of aliphatic hydroxyl groups excluding tert-OH is 1. The number of nitrogens with zero attached hydrogens (tertiary/aromatic N) is 2. The van der Waals surface area contributed by atoms with E-state index in [-0.39, 0.29) is 6.10 Å². The molecule has 1 heterocycles. The van der Waals surface area contributed by atoms with Gasteiger partial charge in [0.1, 0.15) is 0 Å². The van der Waals surface area contributed by atoms with Gasteiger partial charge < -0.3 is 10.0 Å². The molecule has 0 amide bonds. The molecule has 17 heavy (non-hydrogen) atoms. The maximum Gasteiger partial charge on any atom is 0.401 e. The number of hydrogen-bond donors (Lipinski definition) is 1. The van der Waals surface area contributed by atoms with E-state index in [1.54, 1.807) is 6.92 Å². The van der Waals surface area contributed by atoms with Gasteiger partial charge in [0.25, 0.3) is 0 Å². The number of hydrogen-bond acceptors (Lipinski definition) is 3. The lowest BCUT2D eigenvalue weighted by atomic mass is 10.2. The van der Waals surface area contributed by atoms with Crippen LogP contribution < -0.4 is 0 Å². The molecule has 1 rings (SSSR count). The highest BCUT2D eigenvalue weighted by molar-refractivity contribution is 4.74. The predicted molar refractivity (Wildman–Crippen MR) is 59.8 cm³/mol. The molecule has 1 atom stereocenters. The van der Waals surface area contributed by atoms with Gasteiger partial charge in [0, 0.05) is 26.2 Å². The maximum absolute atomic E-state index is 12.1. The molecule has 0 aromatic rings. The lowest BCUT2D eigenvalue weighted by molar-refractivity contribution is -0.149. The van der Waals surface area contributed by atoms with Crippen molar-refractivity contribution in [3.8, 4) is 0 Å². The molecule has 0 spiro atoms. The summed E-state index contributed by atoms with van der Waals surface area (Å²) in [5.74, 6) is 0. The molecule has 0 aromatic carbocycles. The summed E-state index contributed by atoms with van der Waals surface area (Å²) >= 11 is 0. The van der Waals surface area contributed by atoms with Gasteiger partial charge in [0.15, 0.2) is 0 Å². The summed E-state index contributed by atoms with van der Waals surface area (Å²) in [6, 6.07) is 0. The second-order valence-electron chi connectivity index (χ2n) is 4.72. The van der Waals surface area contributed by atoms with Crippen LogP contribution in [-0.4, -0.2) is 66.5 Å². The zero-order valence-electron chi connectivity index (χ0n) is 10.2.